The molecule has 0 radical (unpaired) electrons. The standard InChI is InChI=1S/C19H20N4O4S/c1-23(19-22-14-4-2-3-5-15(14)27-19)10-11-26-13-8-6-12(7-9-13)16(17(24)25)28-18(20)21/h2-9,16H,10-11H2,1H3,(H3,20,21)(H,24,25). The highest BCUT2D eigenvalue weighted by Gasteiger charge is 2.21. The second kappa shape index (κ2) is 8.66. The van der Waals surface area contributed by atoms with Crippen molar-refractivity contribution in [3.8, 4) is 5.75 Å². The number of para-hydroxylation sites is 2. The zero-order valence-corrected chi connectivity index (χ0v) is 16.0. The molecule has 8 nitrogen and oxygen atoms in total. The summed E-state index contributed by atoms with van der Waals surface area (Å²) in [6.45, 7) is 0.964. The number of hydrogen-bond donors (Lipinski definition) is 3. The molecule has 1 aromatic heterocycles. The molecule has 0 aliphatic heterocycles. The Morgan fingerprint density at radius 3 is 2.68 bits per heavy atom. The minimum absolute atomic E-state index is 0.241. The van der Waals surface area contributed by atoms with E-state index >= 15 is 0 Å². The number of fused-ring (bicyclic) bond motifs is 1. The van der Waals surface area contributed by atoms with Gasteiger partial charge in [-0.05, 0) is 29.8 Å². The molecule has 0 amide bonds. The molecular weight excluding hydrogens is 380 g/mol. The average molecular weight is 400 g/mol. The number of carbonyl (C=O) groups is 1. The summed E-state index contributed by atoms with van der Waals surface area (Å²) in [5, 5.41) is 15.4. The molecule has 146 valence electrons. The Bertz CT molecular complexity index is 940. The van der Waals surface area contributed by atoms with Crippen LogP contribution in [0.5, 0.6) is 5.75 Å². The number of carboxylic acids is 1. The van der Waals surface area contributed by atoms with Gasteiger partial charge in [-0.2, -0.15) is 4.98 Å². The van der Waals surface area contributed by atoms with Crippen LogP contribution in [0.25, 0.3) is 11.1 Å². The summed E-state index contributed by atoms with van der Waals surface area (Å²) in [6.07, 6.45) is 0. The number of nitrogens with two attached hydrogens (primary N) is 1. The van der Waals surface area contributed by atoms with Crippen LogP contribution < -0.4 is 15.4 Å². The third-order valence-corrected chi connectivity index (χ3v) is 4.92. The highest BCUT2D eigenvalue weighted by atomic mass is 32.2. The second-order valence-corrected chi connectivity index (χ2v) is 7.15. The van der Waals surface area contributed by atoms with Crippen molar-refractivity contribution < 1.29 is 19.1 Å². The Balaban J connectivity index is 1.55. The molecule has 4 N–H and O–H groups in total. The number of carboxylic acid groups (broad SMARTS) is 1. The van der Waals surface area contributed by atoms with E-state index in [1.165, 1.54) is 0 Å². The van der Waals surface area contributed by atoms with Gasteiger partial charge in [-0.25, -0.2) is 0 Å². The van der Waals surface area contributed by atoms with E-state index in [0.29, 0.717) is 30.5 Å². The van der Waals surface area contributed by atoms with Gasteiger partial charge in [0.15, 0.2) is 10.8 Å². The number of anilines is 1. The van der Waals surface area contributed by atoms with Crippen LogP contribution in [-0.4, -0.2) is 41.4 Å². The van der Waals surface area contributed by atoms with E-state index in [0.717, 1.165) is 22.9 Å². The molecule has 1 heterocycles. The van der Waals surface area contributed by atoms with Gasteiger partial charge in [0.1, 0.15) is 23.1 Å². The summed E-state index contributed by atoms with van der Waals surface area (Å²) in [6, 6.07) is 14.8. The van der Waals surface area contributed by atoms with Gasteiger partial charge in [-0.1, -0.05) is 36.0 Å². The number of thioether (sulfide) groups is 1. The molecule has 0 bridgehead atoms. The number of amidine groups is 1. The van der Waals surface area contributed by atoms with Crippen molar-refractivity contribution in [2.75, 3.05) is 25.1 Å². The highest BCUT2D eigenvalue weighted by molar-refractivity contribution is 8.14. The molecule has 0 saturated heterocycles. The lowest BCUT2D eigenvalue weighted by Crippen LogP contribution is -2.24. The van der Waals surface area contributed by atoms with Crippen molar-refractivity contribution in [1.29, 1.82) is 5.41 Å². The summed E-state index contributed by atoms with van der Waals surface area (Å²) in [7, 11) is 1.87. The minimum atomic E-state index is -1.05. The van der Waals surface area contributed by atoms with Gasteiger partial charge in [-0.3, -0.25) is 10.2 Å². The Morgan fingerprint density at radius 1 is 1.32 bits per heavy atom. The summed E-state index contributed by atoms with van der Waals surface area (Å²) in [5.74, 6) is -0.430. The van der Waals surface area contributed by atoms with E-state index in [9.17, 15) is 9.90 Å². The Kier molecular flexibility index (Phi) is 6.05. The number of benzene rings is 2. The fourth-order valence-electron chi connectivity index (χ4n) is 2.55. The predicted octanol–water partition coefficient (Wildman–Crippen LogP) is 3.10. The Labute approximate surface area is 165 Å². The topological polar surface area (TPSA) is 126 Å². The Hall–Kier alpha value is -3.20. The van der Waals surface area contributed by atoms with Crippen molar-refractivity contribution in [3.63, 3.8) is 0 Å². The monoisotopic (exact) mass is 400 g/mol. The maximum Gasteiger partial charge on any atom is 0.321 e. The molecule has 0 spiro atoms. The molecule has 9 heteroatoms. The molecule has 0 aliphatic carbocycles. The van der Waals surface area contributed by atoms with Crippen molar-refractivity contribution >= 4 is 40.0 Å². The van der Waals surface area contributed by atoms with Crippen molar-refractivity contribution in [1.82, 2.24) is 4.98 Å². The van der Waals surface area contributed by atoms with E-state index in [1.54, 1.807) is 24.3 Å². The van der Waals surface area contributed by atoms with Gasteiger partial charge in [0.2, 0.25) is 0 Å². The van der Waals surface area contributed by atoms with Gasteiger partial charge in [0, 0.05) is 7.05 Å². The number of hydrogen-bond acceptors (Lipinski definition) is 7. The van der Waals surface area contributed by atoms with E-state index in [1.807, 2.05) is 36.2 Å². The average Bonchev–Trinajstić information content (AvgIpc) is 3.11. The van der Waals surface area contributed by atoms with Crippen LogP contribution in [0.2, 0.25) is 0 Å². The van der Waals surface area contributed by atoms with Crippen LogP contribution >= 0.6 is 11.8 Å². The first kappa shape index (κ1) is 19.6. The van der Waals surface area contributed by atoms with Crippen LogP contribution in [0, 0.1) is 5.41 Å². The maximum atomic E-state index is 11.3. The molecule has 3 rings (SSSR count). The van der Waals surface area contributed by atoms with Crippen LogP contribution in [-0.2, 0) is 4.79 Å². The molecule has 2 aromatic carbocycles. The van der Waals surface area contributed by atoms with Gasteiger partial charge in [0.05, 0.1) is 6.54 Å². The van der Waals surface area contributed by atoms with E-state index in [-0.39, 0.29) is 5.17 Å². The first-order valence-corrected chi connectivity index (χ1v) is 9.35. The third-order valence-electron chi connectivity index (χ3n) is 3.96. The van der Waals surface area contributed by atoms with Crippen LogP contribution in [0.15, 0.2) is 52.9 Å². The molecule has 3 aromatic rings. The Morgan fingerprint density at radius 2 is 2.04 bits per heavy atom. The lowest BCUT2D eigenvalue weighted by Gasteiger charge is -2.15. The lowest BCUT2D eigenvalue weighted by molar-refractivity contribution is -0.136. The summed E-state index contributed by atoms with van der Waals surface area (Å²) in [4.78, 5) is 17.6. The highest BCUT2D eigenvalue weighted by Crippen LogP contribution is 2.30. The van der Waals surface area contributed by atoms with Crippen molar-refractivity contribution in [2.45, 2.75) is 5.25 Å². The van der Waals surface area contributed by atoms with E-state index in [2.05, 4.69) is 4.98 Å². The number of nitrogens with one attached hydrogen (secondary N) is 1. The predicted molar refractivity (Wildman–Crippen MR) is 109 cm³/mol. The number of rotatable bonds is 8. The van der Waals surface area contributed by atoms with Crippen LogP contribution in [0.4, 0.5) is 6.01 Å². The SMILES string of the molecule is CN(CCOc1ccc(C(SC(=N)N)C(=O)O)cc1)c1nc2ccccc2o1. The zero-order valence-electron chi connectivity index (χ0n) is 15.2. The molecular formula is C19H20N4O4S. The normalized spacial score (nSPS) is 11.9. The molecule has 28 heavy (non-hydrogen) atoms. The first-order chi connectivity index (χ1) is 13.4. The largest absolute Gasteiger partial charge is 0.492 e. The second-order valence-electron chi connectivity index (χ2n) is 6.00. The van der Waals surface area contributed by atoms with Gasteiger partial charge in [-0.15, -0.1) is 0 Å². The fraction of sp³-hybridized carbons (Fsp3) is 0.211. The fourth-order valence-corrected chi connectivity index (χ4v) is 3.19. The number of nitrogens with zero attached hydrogens (tertiary/aromatic N) is 2. The molecule has 0 saturated carbocycles. The van der Waals surface area contributed by atoms with Gasteiger partial charge >= 0.3 is 5.97 Å². The maximum absolute atomic E-state index is 11.3. The summed E-state index contributed by atoms with van der Waals surface area (Å²) in [5.41, 5.74) is 7.39. The van der Waals surface area contributed by atoms with Crippen LogP contribution in [0.3, 0.4) is 0 Å². The third kappa shape index (κ3) is 4.74. The number of oxazole rings is 1. The van der Waals surface area contributed by atoms with Crippen LogP contribution in [0.1, 0.15) is 10.8 Å². The van der Waals surface area contributed by atoms with Crippen molar-refractivity contribution in [3.05, 3.63) is 54.1 Å². The minimum Gasteiger partial charge on any atom is -0.492 e. The van der Waals surface area contributed by atoms with E-state index < -0.39 is 11.2 Å². The summed E-state index contributed by atoms with van der Waals surface area (Å²) >= 11 is 0.784. The molecule has 1 atom stereocenters. The number of ether oxygens (including phenoxy) is 1. The molecule has 0 fully saturated rings. The first-order valence-electron chi connectivity index (χ1n) is 8.47. The summed E-state index contributed by atoms with van der Waals surface area (Å²) < 4.78 is 11.4. The van der Waals surface area contributed by atoms with Gasteiger partial charge in [0.25, 0.3) is 6.01 Å². The number of likely N-dealkylation sites (N-methyl/N-ethyl adjacent to an activating group) is 1. The lowest BCUT2D eigenvalue weighted by atomic mass is 10.1. The molecule has 0 aliphatic rings. The van der Waals surface area contributed by atoms with E-state index in [4.69, 9.17) is 20.3 Å². The quantitative estimate of drug-likeness (QED) is 0.389. The molecule has 1 unspecified atom stereocenters. The number of aromatic nitrogens is 1. The van der Waals surface area contributed by atoms with Gasteiger partial charge < -0.3 is 24.9 Å². The smallest absolute Gasteiger partial charge is 0.321 e. The number of aliphatic carboxylic acids is 1. The zero-order chi connectivity index (χ0) is 20.1. The van der Waals surface area contributed by atoms with Crippen molar-refractivity contribution in [2.24, 2.45) is 5.73 Å².